The lowest BCUT2D eigenvalue weighted by Gasteiger charge is -2.22. The van der Waals surface area contributed by atoms with Crippen molar-refractivity contribution in [3.05, 3.63) is 41.5 Å². The van der Waals surface area contributed by atoms with Gasteiger partial charge in [0.1, 0.15) is 0 Å². The van der Waals surface area contributed by atoms with Crippen molar-refractivity contribution in [2.24, 2.45) is 11.7 Å². The number of allylic oxidation sites excluding steroid dienone is 2. The summed E-state index contributed by atoms with van der Waals surface area (Å²) in [6, 6.07) is 8.52. The smallest absolute Gasteiger partial charge is 0.0184 e. The summed E-state index contributed by atoms with van der Waals surface area (Å²) in [6.07, 6.45) is 6.25. The number of hydrogen-bond donors (Lipinski definition) is 1. The number of benzene rings is 1. The Morgan fingerprint density at radius 3 is 2.87 bits per heavy atom. The molecule has 0 aromatic heterocycles. The molecule has 0 saturated heterocycles. The van der Waals surface area contributed by atoms with Gasteiger partial charge in [0.15, 0.2) is 0 Å². The van der Waals surface area contributed by atoms with Gasteiger partial charge in [0, 0.05) is 6.54 Å². The standard InChI is InChI=1S/C14H19N/c1-11-6-2-4-8-13(11)14-9-5-3-7-12(14)10-15/h3,5,7-9,11H,2,4,6,10,15H2,1H3. The van der Waals surface area contributed by atoms with Crippen molar-refractivity contribution in [2.75, 3.05) is 0 Å². The molecule has 0 amide bonds. The molecule has 0 spiro atoms. The molecule has 1 heteroatoms. The Labute approximate surface area is 92.0 Å². The van der Waals surface area contributed by atoms with Gasteiger partial charge in [-0.2, -0.15) is 0 Å². The summed E-state index contributed by atoms with van der Waals surface area (Å²) in [6.45, 7) is 2.96. The zero-order chi connectivity index (χ0) is 10.7. The molecule has 1 aromatic carbocycles. The first kappa shape index (κ1) is 10.4. The highest BCUT2D eigenvalue weighted by atomic mass is 14.5. The third-order valence-electron chi connectivity index (χ3n) is 3.28. The average molecular weight is 201 g/mol. The van der Waals surface area contributed by atoms with Crippen LogP contribution < -0.4 is 5.73 Å². The van der Waals surface area contributed by atoms with Gasteiger partial charge < -0.3 is 5.73 Å². The van der Waals surface area contributed by atoms with E-state index in [0.717, 1.165) is 0 Å². The minimum absolute atomic E-state index is 0.639. The molecule has 0 heterocycles. The highest BCUT2D eigenvalue weighted by Gasteiger charge is 2.16. The fraction of sp³-hybridized carbons (Fsp3) is 0.429. The zero-order valence-electron chi connectivity index (χ0n) is 9.37. The van der Waals surface area contributed by atoms with E-state index in [0.29, 0.717) is 12.5 Å². The molecule has 0 bridgehead atoms. The summed E-state index contributed by atoms with van der Waals surface area (Å²) < 4.78 is 0. The number of rotatable bonds is 2. The maximum Gasteiger partial charge on any atom is 0.0184 e. The molecule has 2 N–H and O–H groups in total. The van der Waals surface area contributed by atoms with E-state index in [-0.39, 0.29) is 0 Å². The van der Waals surface area contributed by atoms with Gasteiger partial charge in [-0.25, -0.2) is 0 Å². The van der Waals surface area contributed by atoms with E-state index in [4.69, 9.17) is 5.73 Å². The molecule has 1 aliphatic rings. The quantitative estimate of drug-likeness (QED) is 0.780. The second-order valence-corrected chi connectivity index (χ2v) is 4.35. The van der Waals surface area contributed by atoms with Crippen LogP contribution in [0.4, 0.5) is 0 Å². The van der Waals surface area contributed by atoms with Crippen LogP contribution in [0.2, 0.25) is 0 Å². The number of hydrogen-bond acceptors (Lipinski definition) is 1. The molecule has 0 fully saturated rings. The van der Waals surface area contributed by atoms with E-state index in [9.17, 15) is 0 Å². The predicted octanol–water partition coefficient (Wildman–Crippen LogP) is 3.35. The van der Waals surface area contributed by atoms with Crippen LogP contribution in [0.1, 0.15) is 37.3 Å². The SMILES string of the molecule is CC1CCCC=C1c1ccccc1CN. The molecule has 1 aliphatic carbocycles. The molecule has 1 aromatic rings. The molecular weight excluding hydrogens is 182 g/mol. The third kappa shape index (κ3) is 2.13. The van der Waals surface area contributed by atoms with Crippen molar-refractivity contribution < 1.29 is 0 Å². The fourth-order valence-corrected chi connectivity index (χ4v) is 2.39. The summed E-state index contributed by atoms with van der Waals surface area (Å²) in [7, 11) is 0. The number of nitrogens with two attached hydrogens (primary N) is 1. The molecule has 1 atom stereocenters. The van der Waals surface area contributed by atoms with Crippen LogP contribution in [0.5, 0.6) is 0 Å². The first-order chi connectivity index (χ1) is 7.33. The minimum Gasteiger partial charge on any atom is -0.326 e. The van der Waals surface area contributed by atoms with Crippen molar-refractivity contribution in [3.8, 4) is 0 Å². The van der Waals surface area contributed by atoms with Crippen LogP contribution >= 0.6 is 0 Å². The Bertz CT molecular complexity index is 365. The van der Waals surface area contributed by atoms with E-state index in [2.05, 4.69) is 37.3 Å². The van der Waals surface area contributed by atoms with Gasteiger partial charge in [0.25, 0.3) is 0 Å². The summed E-state index contributed by atoms with van der Waals surface area (Å²) in [5, 5.41) is 0. The second-order valence-electron chi connectivity index (χ2n) is 4.35. The topological polar surface area (TPSA) is 26.0 Å². The molecule has 0 radical (unpaired) electrons. The Hall–Kier alpha value is -1.08. The van der Waals surface area contributed by atoms with E-state index < -0.39 is 0 Å². The van der Waals surface area contributed by atoms with Gasteiger partial charge in [0.2, 0.25) is 0 Å². The summed E-state index contributed by atoms with van der Waals surface area (Å²) in [4.78, 5) is 0. The molecule has 0 saturated carbocycles. The average Bonchev–Trinajstić information content (AvgIpc) is 2.30. The van der Waals surface area contributed by atoms with Gasteiger partial charge in [-0.05, 0) is 41.9 Å². The first-order valence-electron chi connectivity index (χ1n) is 5.81. The Balaban J connectivity index is 2.39. The molecule has 0 aliphatic heterocycles. The van der Waals surface area contributed by atoms with Crippen LogP contribution in [-0.2, 0) is 6.54 Å². The van der Waals surface area contributed by atoms with E-state index in [1.165, 1.54) is 36.0 Å². The van der Waals surface area contributed by atoms with Gasteiger partial charge in [-0.3, -0.25) is 0 Å². The van der Waals surface area contributed by atoms with E-state index in [1.807, 2.05) is 0 Å². The minimum atomic E-state index is 0.639. The van der Waals surface area contributed by atoms with Gasteiger partial charge in [0.05, 0.1) is 0 Å². The maximum atomic E-state index is 5.78. The van der Waals surface area contributed by atoms with Crippen LogP contribution in [0.15, 0.2) is 30.3 Å². The molecule has 1 unspecified atom stereocenters. The Kier molecular flexibility index (Phi) is 3.22. The van der Waals surface area contributed by atoms with Gasteiger partial charge >= 0.3 is 0 Å². The van der Waals surface area contributed by atoms with Crippen LogP contribution in [0.3, 0.4) is 0 Å². The van der Waals surface area contributed by atoms with Crippen LogP contribution in [-0.4, -0.2) is 0 Å². The fourth-order valence-electron chi connectivity index (χ4n) is 2.39. The molecular formula is C14H19N. The van der Waals surface area contributed by atoms with Crippen molar-refractivity contribution in [3.63, 3.8) is 0 Å². The van der Waals surface area contributed by atoms with Gasteiger partial charge in [-0.15, -0.1) is 0 Å². The lowest BCUT2D eigenvalue weighted by atomic mass is 9.83. The van der Waals surface area contributed by atoms with Crippen molar-refractivity contribution in [1.82, 2.24) is 0 Å². The highest BCUT2D eigenvalue weighted by Crippen LogP contribution is 2.33. The van der Waals surface area contributed by atoms with Crippen molar-refractivity contribution >= 4 is 5.57 Å². The normalized spacial score (nSPS) is 21.2. The van der Waals surface area contributed by atoms with Gasteiger partial charge in [-0.1, -0.05) is 37.3 Å². The lowest BCUT2D eigenvalue weighted by Crippen LogP contribution is -2.08. The van der Waals surface area contributed by atoms with E-state index in [1.54, 1.807) is 0 Å². The predicted molar refractivity (Wildman–Crippen MR) is 65.3 cm³/mol. The molecule has 80 valence electrons. The zero-order valence-corrected chi connectivity index (χ0v) is 9.37. The summed E-state index contributed by atoms with van der Waals surface area (Å²) in [5.74, 6) is 0.687. The maximum absolute atomic E-state index is 5.78. The van der Waals surface area contributed by atoms with Crippen LogP contribution in [0, 0.1) is 5.92 Å². The monoisotopic (exact) mass is 201 g/mol. The first-order valence-corrected chi connectivity index (χ1v) is 5.81. The Morgan fingerprint density at radius 2 is 2.13 bits per heavy atom. The lowest BCUT2D eigenvalue weighted by molar-refractivity contribution is 0.601. The van der Waals surface area contributed by atoms with E-state index >= 15 is 0 Å². The Morgan fingerprint density at radius 1 is 1.33 bits per heavy atom. The highest BCUT2D eigenvalue weighted by molar-refractivity contribution is 5.70. The second kappa shape index (κ2) is 4.63. The van der Waals surface area contributed by atoms with Crippen LogP contribution in [0.25, 0.3) is 5.57 Å². The third-order valence-corrected chi connectivity index (χ3v) is 3.28. The molecule has 15 heavy (non-hydrogen) atoms. The van der Waals surface area contributed by atoms with Crippen molar-refractivity contribution in [1.29, 1.82) is 0 Å². The largest absolute Gasteiger partial charge is 0.326 e. The molecule has 1 nitrogen and oxygen atoms in total. The van der Waals surface area contributed by atoms with Crippen molar-refractivity contribution in [2.45, 2.75) is 32.7 Å². The summed E-state index contributed by atoms with van der Waals surface area (Å²) >= 11 is 0. The molecule has 2 rings (SSSR count). The summed E-state index contributed by atoms with van der Waals surface area (Å²) in [5.41, 5.74) is 9.92.